The molecule has 4 heteroatoms. The van der Waals surface area contributed by atoms with Crippen molar-refractivity contribution >= 4 is 11.7 Å². The Morgan fingerprint density at radius 2 is 2.22 bits per heavy atom. The van der Waals surface area contributed by atoms with Crippen LogP contribution >= 0.6 is 0 Å². The van der Waals surface area contributed by atoms with E-state index in [1.165, 1.54) is 5.56 Å². The van der Waals surface area contributed by atoms with E-state index in [-0.39, 0.29) is 12.1 Å². The normalized spacial score (nSPS) is 19.5. The number of nitrogens with two attached hydrogens (primary N) is 1. The maximum atomic E-state index is 12.0. The van der Waals surface area contributed by atoms with Crippen molar-refractivity contribution in [2.75, 3.05) is 18.0 Å². The number of hydrogen-bond donors (Lipinski definition) is 2. The number of rotatable bonds is 3. The topological polar surface area (TPSA) is 58.4 Å². The zero-order chi connectivity index (χ0) is 13.3. The molecule has 1 unspecified atom stereocenters. The van der Waals surface area contributed by atoms with Gasteiger partial charge in [-0.25, -0.2) is 4.79 Å². The number of nitrogens with zero attached hydrogens (tertiary/aromatic N) is 1. The summed E-state index contributed by atoms with van der Waals surface area (Å²) < 4.78 is 0. The average Bonchev–Trinajstić information content (AvgIpc) is 2.70. The Balaban J connectivity index is 2.41. The van der Waals surface area contributed by atoms with E-state index in [9.17, 15) is 4.79 Å². The van der Waals surface area contributed by atoms with Gasteiger partial charge in [-0.1, -0.05) is 32.0 Å². The van der Waals surface area contributed by atoms with Crippen LogP contribution in [0.3, 0.4) is 0 Å². The van der Waals surface area contributed by atoms with Gasteiger partial charge in [-0.15, -0.1) is 0 Å². The van der Waals surface area contributed by atoms with Crippen LogP contribution in [0.1, 0.15) is 30.9 Å². The molecule has 18 heavy (non-hydrogen) atoms. The SMILES string of the molecule is Cc1cccc(C(C)C)c1N1CC(CN)NC1=O. The second-order valence-electron chi connectivity index (χ2n) is 5.16. The predicted octanol–water partition coefficient (Wildman–Crippen LogP) is 1.98. The van der Waals surface area contributed by atoms with Gasteiger partial charge in [0.15, 0.2) is 0 Å². The fourth-order valence-electron chi connectivity index (χ4n) is 2.44. The molecule has 0 bridgehead atoms. The van der Waals surface area contributed by atoms with Crippen molar-refractivity contribution in [3.63, 3.8) is 0 Å². The zero-order valence-corrected chi connectivity index (χ0v) is 11.2. The third-order valence-corrected chi connectivity index (χ3v) is 3.42. The highest BCUT2D eigenvalue weighted by Gasteiger charge is 2.31. The molecule has 1 heterocycles. The second-order valence-corrected chi connectivity index (χ2v) is 5.16. The largest absolute Gasteiger partial charge is 0.332 e. The number of benzene rings is 1. The van der Waals surface area contributed by atoms with Crippen LogP contribution in [0.5, 0.6) is 0 Å². The van der Waals surface area contributed by atoms with E-state index in [4.69, 9.17) is 5.73 Å². The summed E-state index contributed by atoms with van der Waals surface area (Å²) in [7, 11) is 0. The molecular formula is C14H21N3O. The van der Waals surface area contributed by atoms with Gasteiger partial charge in [0, 0.05) is 13.1 Å². The number of carbonyl (C=O) groups is 1. The summed E-state index contributed by atoms with van der Waals surface area (Å²) in [5.74, 6) is 0.393. The Bertz CT molecular complexity index is 456. The lowest BCUT2D eigenvalue weighted by Crippen LogP contribution is -2.33. The van der Waals surface area contributed by atoms with Gasteiger partial charge in [-0.05, 0) is 24.0 Å². The number of nitrogens with one attached hydrogen (secondary N) is 1. The molecule has 4 nitrogen and oxygen atoms in total. The minimum absolute atomic E-state index is 0.0401. The molecule has 1 fully saturated rings. The smallest absolute Gasteiger partial charge is 0.322 e. The van der Waals surface area contributed by atoms with Crippen molar-refractivity contribution in [2.24, 2.45) is 5.73 Å². The summed E-state index contributed by atoms with van der Waals surface area (Å²) in [4.78, 5) is 13.9. The summed E-state index contributed by atoms with van der Waals surface area (Å²) in [6.45, 7) is 7.47. The van der Waals surface area contributed by atoms with E-state index in [1.807, 2.05) is 24.0 Å². The molecule has 0 saturated carbocycles. The Labute approximate surface area is 108 Å². The number of urea groups is 1. The van der Waals surface area contributed by atoms with Gasteiger partial charge >= 0.3 is 6.03 Å². The van der Waals surface area contributed by atoms with Gasteiger partial charge in [0.25, 0.3) is 0 Å². The van der Waals surface area contributed by atoms with Crippen molar-refractivity contribution in [1.29, 1.82) is 0 Å². The second kappa shape index (κ2) is 4.98. The molecule has 2 rings (SSSR count). The highest BCUT2D eigenvalue weighted by molar-refractivity contribution is 5.96. The minimum atomic E-state index is -0.0401. The van der Waals surface area contributed by atoms with Gasteiger partial charge in [-0.3, -0.25) is 4.90 Å². The first-order valence-electron chi connectivity index (χ1n) is 6.42. The maximum Gasteiger partial charge on any atom is 0.322 e. The lowest BCUT2D eigenvalue weighted by Gasteiger charge is -2.23. The Kier molecular flexibility index (Phi) is 3.57. The van der Waals surface area contributed by atoms with Gasteiger partial charge in [0.2, 0.25) is 0 Å². The first kappa shape index (κ1) is 12.9. The van der Waals surface area contributed by atoms with Crippen molar-refractivity contribution in [3.8, 4) is 0 Å². The van der Waals surface area contributed by atoms with E-state index >= 15 is 0 Å². The van der Waals surface area contributed by atoms with E-state index in [2.05, 4.69) is 25.2 Å². The van der Waals surface area contributed by atoms with Gasteiger partial charge in [-0.2, -0.15) is 0 Å². The minimum Gasteiger partial charge on any atom is -0.332 e. The molecule has 0 aliphatic carbocycles. The van der Waals surface area contributed by atoms with Crippen molar-refractivity contribution in [2.45, 2.75) is 32.7 Å². The number of para-hydroxylation sites is 1. The fraction of sp³-hybridized carbons (Fsp3) is 0.500. The maximum absolute atomic E-state index is 12.0. The fourth-order valence-corrected chi connectivity index (χ4v) is 2.44. The number of carbonyl (C=O) groups excluding carboxylic acids is 1. The number of hydrogen-bond acceptors (Lipinski definition) is 2. The van der Waals surface area contributed by atoms with Crippen LogP contribution in [0.15, 0.2) is 18.2 Å². The lowest BCUT2D eigenvalue weighted by molar-refractivity contribution is 0.251. The molecule has 3 N–H and O–H groups in total. The summed E-state index contributed by atoms with van der Waals surface area (Å²) >= 11 is 0. The predicted molar refractivity (Wildman–Crippen MR) is 74.0 cm³/mol. The number of anilines is 1. The molecule has 1 atom stereocenters. The zero-order valence-electron chi connectivity index (χ0n) is 11.2. The molecule has 1 aliphatic rings. The molecule has 1 aromatic carbocycles. The summed E-state index contributed by atoms with van der Waals surface area (Å²) in [5.41, 5.74) is 9.02. The van der Waals surface area contributed by atoms with Crippen LogP contribution in [0.4, 0.5) is 10.5 Å². The quantitative estimate of drug-likeness (QED) is 0.858. The highest BCUT2D eigenvalue weighted by atomic mass is 16.2. The molecule has 1 saturated heterocycles. The van der Waals surface area contributed by atoms with Crippen molar-refractivity contribution in [3.05, 3.63) is 29.3 Å². The summed E-state index contributed by atoms with van der Waals surface area (Å²) in [6, 6.07) is 6.20. The first-order valence-corrected chi connectivity index (χ1v) is 6.42. The summed E-state index contributed by atoms with van der Waals surface area (Å²) in [5, 5.41) is 2.91. The Morgan fingerprint density at radius 1 is 1.50 bits per heavy atom. The molecule has 1 aromatic rings. The van der Waals surface area contributed by atoms with Crippen LogP contribution in [0, 0.1) is 6.92 Å². The summed E-state index contributed by atoms with van der Waals surface area (Å²) in [6.07, 6.45) is 0. The third-order valence-electron chi connectivity index (χ3n) is 3.42. The van der Waals surface area contributed by atoms with Crippen LogP contribution in [0.25, 0.3) is 0 Å². The standard InChI is InChI=1S/C14H21N3O/c1-9(2)12-6-4-5-10(3)13(12)17-8-11(7-15)16-14(17)18/h4-6,9,11H,7-8,15H2,1-3H3,(H,16,18). The molecule has 0 spiro atoms. The Hall–Kier alpha value is -1.55. The van der Waals surface area contributed by atoms with E-state index in [0.29, 0.717) is 19.0 Å². The van der Waals surface area contributed by atoms with Gasteiger partial charge < -0.3 is 11.1 Å². The van der Waals surface area contributed by atoms with Gasteiger partial charge in [0.05, 0.1) is 11.7 Å². The van der Waals surface area contributed by atoms with E-state index in [0.717, 1.165) is 11.3 Å². The molecule has 1 aliphatic heterocycles. The van der Waals surface area contributed by atoms with Crippen LogP contribution in [-0.4, -0.2) is 25.2 Å². The highest BCUT2D eigenvalue weighted by Crippen LogP contribution is 2.32. The number of aryl methyl sites for hydroxylation is 1. The molecule has 0 radical (unpaired) electrons. The lowest BCUT2D eigenvalue weighted by atomic mass is 9.97. The Morgan fingerprint density at radius 3 is 2.78 bits per heavy atom. The van der Waals surface area contributed by atoms with Crippen molar-refractivity contribution in [1.82, 2.24) is 5.32 Å². The average molecular weight is 247 g/mol. The van der Waals surface area contributed by atoms with Crippen LogP contribution in [0.2, 0.25) is 0 Å². The molecule has 0 aromatic heterocycles. The third kappa shape index (κ3) is 2.20. The van der Waals surface area contributed by atoms with E-state index < -0.39 is 0 Å². The van der Waals surface area contributed by atoms with Crippen molar-refractivity contribution < 1.29 is 4.79 Å². The molecule has 2 amide bonds. The van der Waals surface area contributed by atoms with Crippen LogP contribution < -0.4 is 16.0 Å². The molecular weight excluding hydrogens is 226 g/mol. The monoisotopic (exact) mass is 247 g/mol. The van der Waals surface area contributed by atoms with E-state index in [1.54, 1.807) is 0 Å². The van der Waals surface area contributed by atoms with Gasteiger partial charge in [0.1, 0.15) is 0 Å². The first-order chi connectivity index (χ1) is 8.54. The molecule has 98 valence electrons. The van der Waals surface area contributed by atoms with Crippen LogP contribution in [-0.2, 0) is 0 Å². The number of amides is 2.